The summed E-state index contributed by atoms with van der Waals surface area (Å²) in [6.45, 7) is 7.61. The van der Waals surface area contributed by atoms with Gasteiger partial charge in [-0.2, -0.15) is 0 Å². The number of ether oxygens (including phenoxy) is 2. The molecule has 0 heterocycles. The molecule has 0 spiro atoms. The molecule has 0 amide bonds. The lowest BCUT2D eigenvalue weighted by atomic mass is 10.1. The maximum Gasteiger partial charge on any atom is 0.102 e. The molecule has 0 bridgehead atoms. The number of aliphatic hydroxyl groups is 2. The van der Waals surface area contributed by atoms with Crippen molar-refractivity contribution in [2.24, 2.45) is 0 Å². The minimum Gasteiger partial charge on any atom is -1.00 e. The van der Waals surface area contributed by atoms with E-state index in [1.54, 1.807) is 0 Å². The van der Waals surface area contributed by atoms with Gasteiger partial charge in [-0.05, 0) is 12.8 Å². The summed E-state index contributed by atoms with van der Waals surface area (Å²) >= 11 is 0. The Morgan fingerprint density at radius 2 is 1.17 bits per heavy atom. The van der Waals surface area contributed by atoms with Gasteiger partial charge in [-0.1, -0.05) is 32.6 Å². The summed E-state index contributed by atoms with van der Waals surface area (Å²) < 4.78 is 11.8. The van der Waals surface area contributed by atoms with Crippen LogP contribution in [-0.2, 0) is 9.47 Å². The zero-order valence-corrected chi connectivity index (χ0v) is 15.9. The third kappa shape index (κ3) is 16.7. The van der Waals surface area contributed by atoms with E-state index in [1.807, 2.05) is 0 Å². The second-order valence-corrected chi connectivity index (χ2v) is 6.23. The maximum atomic E-state index is 8.77. The highest BCUT2D eigenvalue weighted by Gasteiger charge is 2.20. The van der Waals surface area contributed by atoms with Crippen LogP contribution in [0.2, 0.25) is 0 Å². The fourth-order valence-corrected chi connectivity index (χ4v) is 2.51. The molecule has 0 saturated heterocycles. The van der Waals surface area contributed by atoms with Crippen LogP contribution in [0.5, 0.6) is 0 Å². The van der Waals surface area contributed by atoms with Crippen LogP contribution in [0.15, 0.2) is 0 Å². The predicted octanol–water partition coefficient (Wildman–Crippen LogP) is -1.18. The smallest absolute Gasteiger partial charge is 0.102 e. The fourth-order valence-electron chi connectivity index (χ4n) is 2.51. The lowest BCUT2D eigenvalue weighted by Crippen LogP contribution is -3.00. The van der Waals surface area contributed by atoms with Gasteiger partial charge in [-0.25, -0.2) is 0 Å². The number of quaternary nitrogens is 1. The first kappa shape index (κ1) is 25.3. The van der Waals surface area contributed by atoms with Gasteiger partial charge in [-0.3, -0.25) is 0 Å². The zero-order chi connectivity index (χ0) is 16.5. The number of nitrogens with zero attached hydrogens (tertiary/aromatic N) is 1. The Kier molecular flexibility index (Phi) is 20.3. The molecule has 0 aliphatic rings. The van der Waals surface area contributed by atoms with Crippen molar-refractivity contribution < 1.29 is 36.6 Å². The number of unbranched alkanes of at least 4 members (excludes halogenated alkanes) is 5. The van der Waals surface area contributed by atoms with Gasteiger partial charge < -0.3 is 36.6 Å². The summed E-state index contributed by atoms with van der Waals surface area (Å²) in [5, 5.41) is 17.5. The molecule has 6 heteroatoms. The van der Waals surface area contributed by atoms with E-state index >= 15 is 0 Å². The van der Waals surface area contributed by atoms with Crippen LogP contribution >= 0.6 is 0 Å². The number of halogens is 1. The fraction of sp³-hybridized carbons (Fsp3) is 1.00. The van der Waals surface area contributed by atoms with Gasteiger partial charge in [-0.15, -0.1) is 0 Å². The second-order valence-electron chi connectivity index (χ2n) is 6.23. The highest BCUT2D eigenvalue weighted by atomic mass is 35.5. The molecule has 2 N–H and O–H groups in total. The molecule has 0 rings (SSSR count). The third-order valence-corrected chi connectivity index (χ3v) is 4.07. The monoisotopic (exact) mass is 355 g/mol. The topological polar surface area (TPSA) is 58.9 Å². The molecule has 0 fully saturated rings. The molecular weight excluding hydrogens is 318 g/mol. The van der Waals surface area contributed by atoms with Crippen molar-refractivity contribution in [2.75, 3.05) is 66.3 Å². The Labute approximate surface area is 149 Å². The Bertz CT molecular complexity index is 221. The first-order valence-electron chi connectivity index (χ1n) is 8.89. The van der Waals surface area contributed by atoms with Gasteiger partial charge >= 0.3 is 0 Å². The lowest BCUT2D eigenvalue weighted by molar-refractivity contribution is -0.910. The van der Waals surface area contributed by atoms with Gasteiger partial charge in [0.2, 0.25) is 0 Å². The molecule has 142 valence electrons. The molecule has 0 aromatic carbocycles. The lowest BCUT2D eigenvalue weighted by Gasteiger charge is -2.34. The largest absolute Gasteiger partial charge is 1.00 e. The Hall–Kier alpha value is 0.0900. The third-order valence-electron chi connectivity index (χ3n) is 4.07. The molecule has 0 unspecified atom stereocenters. The molecule has 0 atom stereocenters. The zero-order valence-electron chi connectivity index (χ0n) is 15.1. The molecule has 0 radical (unpaired) electrons. The normalized spacial score (nSPS) is 11.5. The summed E-state index contributed by atoms with van der Waals surface area (Å²) in [6, 6.07) is 0. The van der Waals surface area contributed by atoms with Gasteiger partial charge in [0.05, 0.1) is 53.2 Å². The molecule has 23 heavy (non-hydrogen) atoms. The summed E-state index contributed by atoms with van der Waals surface area (Å²) in [5.41, 5.74) is 0. The molecule has 0 aromatic heterocycles. The van der Waals surface area contributed by atoms with Gasteiger partial charge in [0.15, 0.2) is 0 Å². The number of hydrogen-bond acceptors (Lipinski definition) is 4. The van der Waals surface area contributed by atoms with Crippen LogP contribution in [0, 0.1) is 0 Å². The average Bonchev–Trinajstić information content (AvgIpc) is 2.52. The van der Waals surface area contributed by atoms with Crippen LogP contribution < -0.4 is 12.4 Å². The maximum absolute atomic E-state index is 8.77. The van der Waals surface area contributed by atoms with E-state index < -0.39 is 0 Å². The number of likely N-dealkylation sites (N-methyl/N-ethyl adjacent to an activating group) is 1. The van der Waals surface area contributed by atoms with Crippen LogP contribution in [0.25, 0.3) is 0 Å². The predicted molar refractivity (Wildman–Crippen MR) is 90.0 cm³/mol. The van der Waals surface area contributed by atoms with E-state index in [1.165, 1.54) is 38.5 Å². The number of aliphatic hydroxyl groups excluding tert-OH is 2. The van der Waals surface area contributed by atoms with E-state index in [4.69, 9.17) is 19.7 Å². The van der Waals surface area contributed by atoms with Crippen LogP contribution in [0.3, 0.4) is 0 Å². The SMILES string of the molecule is CCCCCCCC[N+](C)(CCOCCO)CCOCCO.[Cl-]. The van der Waals surface area contributed by atoms with Crippen molar-refractivity contribution in [2.45, 2.75) is 45.4 Å². The summed E-state index contributed by atoms with van der Waals surface area (Å²) in [6.07, 6.45) is 7.84. The first-order chi connectivity index (χ1) is 10.7. The molecule has 0 aromatic rings. The molecular formula is C17H38ClNO4. The van der Waals surface area contributed by atoms with E-state index in [0.29, 0.717) is 26.4 Å². The van der Waals surface area contributed by atoms with Gasteiger partial charge in [0, 0.05) is 0 Å². The van der Waals surface area contributed by atoms with E-state index in [-0.39, 0.29) is 25.6 Å². The molecule has 0 saturated carbocycles. The van der Waals surface area contributed by atoms with Crippen molar-refractivity contribution in [1.29, 1.82) is 0 Å². The van der Waals surface area contributed by atoms with E-state index in [0.717, 1.165) is 24.1 Å². The minimum absolute atomic E-state index is 0. The number of hydrogen-bond donors (Lipinski definition) is 2. The standard InChI is InChI=1S/C17H38NO4.ClH/c1-3-4-5-6-7-8-9-18(2,10-14-21-16-12-19)11-15-22-17-13-20;/h19-20H,3-17H2,1-2H3;1H/q+1;/p-1. The average molecular weight is 356 g/mol. The van der Waals surface area contributed by atoms with Crippen LogP contribution in [-0.4, -0.2) is 81.0 Å². The van der Waals surface area contributed by atoms with Crippen molar-refractivity contribution in [3.05, 3.63) is 0 Å². The molecule has 0 aliphatic carbocycles. The Balaban J connectivity index is 0. The summed E-state index contributed by atoms with van der Waals surface area (Å²) in [7, 11) is 2.25. The minimum atomic E-state index is 0. The first-order valence-corrected chi connectivity index (χ1v) is 8.89. The van der Waals surface area contributed by atoms with Crippen molar-refractivity contribution in [3.63, 3.8) is 0 Å². The van der Waals surface area contributed by atoms with Crippen molar-refractivity contribution in [1.82, 2.24) is 0 Å². The van der Waals surface area contributed by atoms with Gasteiger partial charge in [0.1, 0.15) is 13.1 Å². The van der Waals surface area contributed by atoms with Crippen LogP contribution in [0.1, 0.15) is 45.4 Å². The molecule has 0 aliphatic heterocycles. The van der Waals surface area contributed by atoms with E-state index in [9.17, 15) is 0 Å². The molecule has 5 nitrogen and oxygen atoms in total. The summed E-state index contributed by atoms with van der Waals surface area (Å²) in [4.78, 5) is 0. The van der Waals surface area contributed by atoms with E-state index in [2.05, 4.69) is 14.0 Å². The van der Waals surface area contributed by atoms with Crippen molar-refractivity contribution >= 4 is 0 Å². The highest BCUT2D eigenvalue weighted by molar-refractivity contribution is 4.47. The second kappa shape index (κ2) is 18.4. The Morgan fingerprint density at radius 1 is 0.696 bits per heavy atom. The van der Waals surface area contributed by atoms with Crippen LogP contribution in [0.4, 0.5) is 0 Å². The number of rotatable bonds is 17. The highest BCUT2D eigenvalue weighted by Crippen LogP contribution is 2.10. The summed E-state index contributed by atoms with van der Waals surface area (Å²) in [5.74, 6) is 0. The van der Waals surface area contributed by atoms with Gasteiger partial charge in [0.25, 0.3) is 0 Å². The van der Waals surface area contributed by atoms with Crippen molar-refractivity contribution in [3.8, 4) is 0 Å². The quantitative estimate of drug-likeness (QED) is 0.255. The Morgan fingerprint density at radius 3 is 1.65 bits per heavy atom.